The first-order chi connectivity index (χ1) is 30.9. The molecule has 3 amide bonds. The van der Waals surface area contributed by atoms with Gasteiger partial charge in [-0.2, -0.15) is 23.1 Å². The molecule has 18 heteroatoms. The average molecular weight is 878 g/mol. The van der Waals surface area contributed by atoms with Crippen LogP contribution in [0.25, 0.3) is 11.2 Å². The summed E-state index contributed by atoms with van der Waals surface area (Å²) in [6.07, 6.45) is -6.94. The zero-order valence-corrected chi connectivity index (χ0v) is 34.6. The Balaban J connectivity index is 1.09. The zero-order chi connectivity index (χ0) is 44.8. The van der Waals surface area contributed by atoms with Crippen molar-refractivity contribution < 1.29 is 42.1 Å². The molecule has 3 heterocycles. The van der Waals surface area contributed by atoms with Gasteiger partial charge in [-0.25, -0.2) is 14.6 Å². The highest BCUT2D eigenvalue weighted by Gasteiger charge is 2.51. The summed E-state index contributed by atoms with van der Waals surface area (Å²) in [7, 11) is 0. The summed E-state index contributed by atoms with van der Waals surface area (Å²) in [5.74, 6) is -1.45. The van der Waals surface area contributed by atoms with Gasteiger partial charge in [-0.3, -0.25) is 4.79 Å². The fraction of sp³-hybridized carbons (Fsp3) is 0.304. The summed E-state index contributed by atoms with van der Waals surface area (Å²) in [5, 5.41) is 23.3. The number of rotatable bonds is 14. The van der Waals surface area contributed by atoms with Gasteiger partial charge in [0.25, 0.3) is 0 Å². The topological polar surface area (TPSA) is 185 Å². The van der Waals surface area contributed by atoms with Crippen LogP contribution < -0.4 is 30.9 Å². The molecule has 6 aromatic rings. The largest absolute Gasteiger partial charge is 0.490 e. The molecule has 8 rings (SSSR count). The smallest absolute Gasteiger partial charge is 0.455 e. The van der Waals surface area contributed by atoms with Crippen molar-refractivity contribution in [1.29, 1.82) is 0 Å². The summed E-state index contributed by atoms with van der Waals surface area (Å²) in [5.41, 5.74) is 2.99. The van der Waals surface area contributed by atoms with E-state index in [0.29, 0.717) is 49.1 Å². The van der Waals surface area contributed by atoms with E-state index in [9.17, 15) is 32.7 Å². The van der Waals surface area contributed by atoms with Crippen LogP contribution in [0.4, 0.5) is 35.4 Å². The van der Waals surface area contributed by atoms with Crippen LogP contribution >= 0.6 is 0 Å². The standard InChI is InChI=1S/C46H46F3N9O6/c1-2-37(59)53-34-24-35(40(39(34)60)64-43(61)46(47,48)49)58-27-51-38-41(50-25-32(28-14-6-3-7-15-28)29-16-8-4-9-17-29)55-44(56-42(38)58)57-23-22-30(26-57)52-45(62)54-33-20-12-13-21-36(33)63-31-18-10-5-11-19-31/h3-21,27,30,32,34-35,39-40,60H,2,22-26H2,1H3,(H,53,59)(H,50,55,56)(H2,52,54,62)/t30-,34+,35-,39-,40+/m1/s1. The van der Waals surface area contributed by atoms with Gasteiger partial charge >= 0.3 is 18.2 Å². The Morgan fingerprint density at radius 2 is 1.53 bits per heavy atom. The highest BCUT2D eigenvalue weighted by atomic mass is 19.4. The molecule has 4 aromatic carbocycles. The quantitative estimate of drug-likeness (QED) is 0.0715. The predicted octanol–water partition coefficient (Wildman–Crippen LogP) is 6.94. The summed E-state index contributed by atoms with van der Waals surface area (Å²) < 4.78 is 53.2. The van der Waals surface area contributed by atoms with Crippen molar-refractivity contribution >= 4 is 46.5 Å². The van der Waals surface area contributed by atoms with E-state index in [0.717, 1.165) is 11.1 Å². The van der Waals surface area contributed by atoms with Gasteiger partial charge in [0.2, 0.25) is 11.9 Å². The lowest BCUT2D eigenvalue weighted by molar-refractivity contribution is -0.209. The molecule has 1 aliphatic heterocycles. The van der Waals surface area contributed by atoms with E-state index in [1.807, 2.05) is 95.9 Å². The fourth-order valence-corrected chi connectivity index (χ4v) is 8.14. The van der Waals surface area contributed by atoms with Crippen molar-refractivity contribution in [3.63, 3.8) is 0 Å². The molecule has 2 fully saturated rings. The molecule has 5 atom stereocenters. The zero-order valence-electron chi connectivity index (χ0n) is 34.6. The highest BCUT2D eigenvalue weighted by molar-refractivity contribution is 5.91. The predicted molar refractivity (Wildman–Crippen MR) is 232 cm³/mol. The van der Waals surface area contributed by atoms with Crippen molar-refractivity contribution in [2.24, 2.45) is 0 Å². The number of hydrogen-bond donors (Lipinski definition) is 5. The lowest BCUT2D eigenvalue weighted by atomic mass is 9.91. The van der Waals surface area contributed by atoms with Crippen LogP contribution in [0.3, 0.4) is 0 Å². The van der Waals surface area contributed by atoms with Crippen LogP contribution in [0.5, 0.6) is 11.5 Å². The number of imidazole rings is 1. The van der Waals surface area contributed by atoms with E-state index in [1.165, 1.54) is 10.9 Å². The number of alkyl halides is 3. The Kier molecular flexibility index (Phi) is 12.9. The van der Waals surface area contributed by atoms with Gasteiger partial charge in [0.15, 0.2) is 28.8 Å². The van der Waals surface area contributed by atoms with Gasteiger partial charge in [-0.15, -0.1) is 0 Å². The number of amides is 3. The molecule has 0 bridgehead atoms. The number of aliphatic hydroxyl groups excluding tert-OH is 1. The van der Waals surface area contributed by atoms with Crippen LogP contribution in [0.1, 0.15) is 49.3 Å². The lowest BCUT2D eigenvalue weighted by Crippen LogP contribution is -2.45. The Labute approximate surface area is 366 Å². The number of hydrogen-bond acceptors (Lipinski definition) is 11. The number of esters is 1. The number of para-hydroxylation sites is 3. The van der Waals surface area contributed by atoms with Crippen molar-refractivity contribution in [2.45, 2.75) is 68.6 Å². The van der Waals surface area contributed by atoms with Crippen molar-refractivity contribution in [3.05, 3.63) is 133 Å². The molecular formula is C46H46F3N9O6. The fourth-order valence-electron chi connectivity index (χ4n) is 8.14. The molecular weight excluding hydrogens is 832 g/mol. The van der Waals surface area contributed by atoms with Crippen LogP contribution in [-0.2, 0) is 14.3 Å². The number of urea groups is 1. The van der Waals surface area contributed by atoms with Crippen molar-refractivity contribution in [3.8, 4) is 11.5 Å². The number of fused-ring (bicyclic) bond motifs is 1. The minimum atomic E-state index is -5.34. The third kappa shape index (κ3) is 9.86. The Hall–Kier alpha value is -7.21. The van der Waals surface area contributed by atoms with Crippen LogP contribution in [0.2, 0.25) is 0 Å². The molecule has 2 aromatic heterocycles. The normalized spacial score (nSPS) is 19.7. The second-order valence-electron chi connectivity index (χ2n) is 15.6. The summed E-state index contributed by atoms with van der Waals surface area (Å²) in [6, 6.07) is 33.1. The van der Waals surface area contributed by atoms with E-state index < -0.39 is 48.4 Å². The molecule has 1 saturated carbocycles. The van der Waals surface area contributed by atoms with Gasteiger partial charge in [0.05, 0.1) is 24.1 Å². The van der Waals surface area contributed by atoms with Gasteiger partial charge in [0.1, 0.15) is 11.9 Å². The summed E-state index contributed by atoms with van der Waals surface area (Å²) in [4.78, 5) is 54.4. The van der Waals surface area contributed by atoms with Gasteiger partial charge in [0, 0.05) is 38.0 Å². The number of aromatic nitrogens is 4. The molecule has 64 heavy (non-hydrogen) atoms. The monoisotopic (exact) mass is 877 g/mol. The number of aliphatic hydroxyl groups is 1. The summed E-state index contributed by atoms with van der Waals surface area (Å²) in [6.45, 7) is 2.67. The molecule has 15 nitrogen and oxygen atoms in total. The van der Waals surface area contributed by atoms with Crippen LogP contribution in [0, 0.1) is 0 Å². The number of anilines is 3. The Bertz CT molecular complexity index is 2530. The second kappa shape index (κ2) is 19.0. The van der Waals surface area contributed by atoms with Gasteiger partial charge in [-0.1, -0.05) is 97.9 Å². The maximum absolute atomic E-state index is 13.6. The van der Waals surface area contributed by atoms with Crippen molar-refractivity contribution in [2.75, 3.05) is 35.2 Å². The maximum atomic E-state index is 13.6. The molecule has 1 saturated heterocycles. The van der Waals surface area contributed by atoms with E-state index in [1.54, 1.807) is 31.2 Å². The SMILES string of the molecule is CCC(=O)N[C@H]1C[C@@H](n2cnc3c(NCC(c4ccccc4)c4ccccc4)nc(N4CC[C@@H](NC(=O)Nc5ccccc5Oc5ccccc5)C4)nc32)[C@H](OC(=O)C(F)(F)F)[C@@H]1O. The highest BCUT2D eigenvalue weighted by Crippen LogP contribution is 2.38. The van der Waals surface area contributed by atoms with Gasteiger partial charge in [-0.05, 0) is 48.2 Å². The van der Waals surface area contributed by atoms with E-state index in [4.69, 9.17) is 19.4 Å². The summed E-state index contributed by atoms with van der Waals surface area (Å²) >= 11 is 0. The number of nitrogens with one attached hydrogen (secondary N) is 4. The molecule has 0 unspecified atom stereocenters. The second-order valence-corrected chi connectivity index (χ2v) is 15.6. The molecule has 332 valence electrons. The van der Waals surface area contributed by atoms with E-state index in [2.05, 4.69) is 26.3 Å². The van der Waals surface area contributed by atoms with E-state index >= 15 is 0 Å². The molecule has 2 aliphatic rings. The Morgan fingerprint density at radius 1 is 0.875 bits per heavy atom. The molecule has 0 radical (unpaired) electrons. The number of benzene rings is 4. The number of ether oxygens (including phenoxy) is 2. The van der Waals surface area contributed by atoms with E-state index in [-0.39, 0.29) is 41.9 Å². The molecule has 5 N–H and O–H groups in total. The van der Waals surface area contributed by atoms with Crippen LogP contribution in [0.15, 0.2) is 122 Å². The minimum Gasteiger partial charge on any atom is -0.455 e. The third-order valence-corrected chi connectivity index (χ3v) is 11.3. The first-order valence-corrected chi connectivity index (χ1v) is 20.9. The number of carbonyl (C=O) groups is 3. The third-order valence-electron chi connectivity index (χ3n) is 11.3. The molecule has 0 spiro atoms. The first kappa shape index (κ1) is 43.4. The minimum absolute atomic E-state index is 0.0524. The van der Waals surface area contributed by atoms with Crippen molar-refractivity contribution in [1.82, 2.24) is 30.2 Å². The number of halogens is 3. The molecule has 1 aliphatic carbocycles. The number of nitrogens with zero attached hydrogens (tertiary/aromatic N) is 5. The number of carbonyl (C=O) groups excluding carboxylic acids is 3. The average Bonchev–Trinajstić information content (AvgIpc) is 4.02. The van der Waals surface area contributed by atoms with Crippen LogP contribution in [-0.4, -0.2) is 92.6 Å². The lowest BCUT2D eigenvalue weighted by Gasteiger charge is -2.25. The maximum Gasteiger partial charge on any atom is 0.490 e. The Morgan fingerprint density at radius 3 is 2.20 bits per heavy atom. The first-order valence-electron chi connectivity index (χ1n) is 20.9. The van der Waals surface area contributed by atoms with Gasteiger partial charge < -0.3 is 45.3 Å².